The number of amides is 1. The summed E-state index contributed by atoms with van der Waals surface area (Å²) in [7, 11) is 1.68. The Kier molecular flexibility index (Phi) is 3.92. The number of nitrogens with one attached hydrogen (secondary N) is 1. The fraction of sp³-hybridized carbons (Fsp3) is 0.529. The summed E-state index contributed by atoms with van der Waals surface area (Å²) < 4.78 is 5.44. The summed E-state index contributed by atoms with van der Waals surface area (Å²) >= 11 is 0. The van der Waals surface area contributed by atoms with Gasteiger partial charge in [0.05, 0.1) is 7.11 Å². The number of aromatic amines is 1. The van der Waals surface area contributed by atoms with Crippen LogP contribution in [-0.2, 0) is 0 Å². The number of likely N-dealkylation sites (tertiary alicyclic amines) is 1. The van der Waals surface area contributed by atoms with Gasteiger partial charge in [-0.05, 0) is 55.4 Å². The fourth-order valence-electron chi connectivity index (χ4n) is 3.48. The minimum atomic E-state index is 0.0766. The molecule has 1 aromatic carbocycles. The number of ether oxygens (including phenoxy) is 1. The minimum Gasteiger partial charge on any atom is -0.496 e. The molecule has 1 amide bonds. The third-order valence-electron chi connectivity index (χ3n) is 4.93. The highest BCUT2D eigenvalue weighted by molar-refractivity contribution is 5.94. The molecule has 2 aromatic rings. The molecule has 1 saturated carbocycles. The Balaban J connectivity index is 1.53. The van der Waals surface area contributed by atoms with Gasteiger partial charge in [-0.25, -0.2) is 0 Å². The Morgan fingerprint density at radius 3 is 2.88 bits per heavy atom. The lowest BCUT2D eigenvalue weighted by Gasteiger charge is -2.31. The molecule has 1 N–H and O–H groups in total. The molecule has 1 aliphatic heterocycles. The number of nitrogens with zero attached hydrogens (tertiary/aromatic N) is 4. The highest BCUT2D eigenvalue weighted by atomic mass is 16.5. The number of tetrazole rings is 1. The van der Waals surface area contributed by atoms with Gasteiger partial charge < -0.3 is 9.64 Å². The van der Waals surface area contributed by atoms with Crippen molar-refractivity contribution >= 4 is 5.91 Å². The monoisotopic (exact) mass is 327 g/mol. The van der Waals surface area contributed by atoms with Crippen molar-refractivity contribution in [2.24, 2.45) is 0 Å². The molecule has 1 aliphatic carbocycles. The maximum Gasteiger partial charge on any atom is 0.253 e. The van der Waals surface area contributed by atoms with E-state index in [9.17, 15) is 4.79 Å². The largest absolute Gasteiger partial charge is 0.496 e. The SMILES string of the molecule is COc1ccc(C(=O)N2CCCC(c3nn[nH]n3)C2)cc1C1CC1. The Bertz CT molecular complexity index is 727. The number of carbonyl (C=O) groups is 1. The Morgan fingerprint density at radius 1 is 1.29 bits per heavy atom. The number of hydrogen-bond acceptors (Lipinski definition) is 5. The van der Waals surface area contributed by atoms with E-state index < -0.39 is 0 Å². The lowest BCUT2D eigenvalue weighted by atomic mass is 9.96. The fourth-order valence-corrected chi connectivity index (χ4v) is 3.48. The van der Waals surface area contributed by atoms with Gasteiger partial charge in [-0.15, -0.1) is 10.2 Å². The van der Waals surface area contributed by atoms with Gasteiger partial charge in [0.2, 0.25) is 0 Å². The normalized spacial score (nSPS) is 20.9. The van der Waals surface area contributed by atoms with E-state index in [0.717, 1.165) is 36.3 Å². The van der Waals surface area contributed by atoms with Crippen molar-refractivity contribution in [3.8, 4) is 5.75 Å². The summed E-state index contributed by atoms with van der Waals surface area (Å²) in [5.74, 6) is 2.36. The minimum absolute atomic E-state index is 0.0766. The van der Waals surface area contributed by atoms with Crippen LogP contribution in [-0.4, -0.2) is 51.6 Å². The molecule has 2 fully saturated rings. The van der Waals surface area contributed by atoms with E-state index >= 15 is 0 Å². The Morgan fingerprint density at radius 2 is 2.17 bits per heavy atom. The summed E-state index contributed by atoms with van der Waals surface area (Å²) in [6.07, 6.45) is 4.30. The highest BCUT2D eigenvalue weighted by Crippen LogP contribution is 2.44. The van der Waals surface area contributed by atoms with Crippen LogP contribution in [0.1, 0.15) is 59.3 Å². The van der Waals surface area contributed by atoms with Crippen molar-refractivity contribution < 1.29 is 9.53 Å². The number of aromatic nitrogens is 4. The first-order chi connectivity index (χ1) is 11.8. The molecule has 0 spiro atoms. The van der Waals surface area contributed by atoms with Crippen LogP contribution in [0.4, 0.5) is 0 Å². The van der Waals surface area contributed by atoms with E-state index in [4.69, 9.17) is 4.74 Å². The predicted molar refractivity (Wildman–Crippen MR) is 87.0 cm³/mol. The van der Waals surface area contributed by atoms with Crippen LogP contribution in [0.15, 0.2) is 18.2 Å². The number of methoxy groups -OCH3 is 1. The average Bonchev–Trinajstić information content (AvgIpc) is 3.34. The third-order valence-corrected chi connectivity index (χ3v) is 4.93. The molecule has 7 nitrogen and oxygen atoms in total. The third kappa shape index (κ3) is 2.86. The standard InChI is InChI=1S/C17H21N5O2/c1-24-15-7-6-12(9-14(15)11-4-5-11)17(23)22-8-2-3-13(10-22)16-18-20-21-19-16/h6-7,9,11,13H,2-5,8,10H2,1H3,(H,18,19,20,21). The highest BCUT2D eigenvalue weighted by Gasteiger charge is 2.30. The van der Waals surface area contributed by atoms with Crippen molar-refractivity contribution in [1.82, 2.24) is 25.5 Å². The second-order valence-electron chi connectivity index (χ2n) is 6.59. The first-order valence-corrected chi connectivity index (χ1v) is 8.47. The van der Waals surface area contributed by atoms with Gasteiger partial charge in [-0.2, -0.15) is 5.21 Å². The van der Waals surface area contributed by atoms with Gasteiger partial charge in [-0.1, -0.05) is 5.21 Å². The molecule has 2 aliphatic rings. The zero-order valence-corrected chi connectivity index (χ0v) is 13.7. The smallest absolute Gasteiger partial charge is 0.253 e. The Hall–Kier alpha value is -2.44. The zero-order chi connectivity index (χ0) is 16.5. The van der Waals surface area contributed by atoms with Crippen LogP contribution >= 0.6 is 0 Å². The van der Waals surface area contributed by atoms with E-state index in [1.165, 1.54) is 12.8 Å². The van der Waals surface area contributed by atoms with Gasteiger partial charge in [0.15, 0.2) is 5.82 Å². The van der Waals surface area contributed by atoms with Gasteiger partial charge in [0, 0.05) is 24.6 Å². The molecule has 126 valence electrons. The molecule has 2 heterocycles. The van der Waals surface area contributed by atoms with Gasteiger partial charge in [-0.3, -0.25) is 4.79 Å². The van der Waals surface area contributed by atoms with E-state index in [1.54, 1.807) is 7.11 Å². The second-order valence-corrected chi connectivity index (χ2v) is 6.59. The Labute approximate surface area is 140 Å². The summed E-state index contributed by atoms with van der Waals surface area (Å²) in [6, 6.07) is 5.79. The van der Waals surface area contributed by atoms with Crippen LogP contribution in [0.3, 0.4) is 0 Å². The molecule has 4 rings (SSSR count). The molecular weight excluding hydrogens is 306 g/mol. The zero-order valence-electron chi connectivity index (χ0n) is 13.7. The van der Waals surface area contributed by atoms with Crippen molar-refractivity contribution in [3.05, 3.63) is 35.2 Å². The van der Waals surface area contributed by atoms with Crippen LogP contribution in [0.2, 0.25) is 0 Å². The summed E-state index contributed by atoms with van der Waals surface area (Å²) in [6.45, 7) is 1.42. The number of piperidine rings is 1. The number of H-pyrrole nitrogens is 1. The van der Waals surface area contributed by atoms with Crippen LogP contribution in [0, 0.1) is 0 Å². The van der Waals surface area contributed by atoms with E-state index in [1.807, 2.05) is 23.1 Å². The predicted octanol–water partition coefficient (Wildman–Crippen LogP) is 2.11. The molecule has 1 atom stereocenters. The molecule has 1 aromatic heterocycles. The van der Waals surface area contributed by atoms with Gasteiger partial charge in [0.25, 0.3) is 5.91 Å². The molecule has 1 unspecified atom stereocenters. The molecule has 0 radical (unpaired) electrons. The molecular formula is C17H21N5O2. The van der Waals surface area contributed by atoms with Crippen molar-refractivity contribution in [3.63, 3.8) is 0 Å². The van der Waals surface area contributed by atoms with Crippen molar-refractivity contribution in [2.75, 3.05) is 20.2 Å². The first kappa shape index (κ1) is 15.1. The van der Waals surface area contributed by atoms with E-state index in [2.05, 4.69) is 20.6 Å². The summed E-state index contributed by atoms with van der Waals surface area (Å²) in [5.41, 5.74) is 1.90. The number of benzene rings is 1. The van der Waals surface area contributed by atoms with Crippen LogP contribution in [0.5, 0.6) is 5.75 Å². The maximum atomic E-state index is 12.9. The number of rotatable bonds is 4. The quantitative estimate of drug-likeness (QED) is 0.930. The van der Waals surface area contributed by atoms with E-state index in [0.29, 0.717) is 18.3 Å². The van der Waals surface area contributed by atoms with Crippen LogP contribution < -0.4 is 4.74 Å². The van der Waals surface area contributed by atoms with Gasteiger partial charge >= 0.3 is 0 Å². The van der Waals surface area contributed by atoms with Gasteiger partial charge in [0.1, 0.15) is 5.75 Å². The molecule has 24 heavy (non-hydrogen) atoms. The van der Waals surface area contributed by atoms with Crippen molar-refractivity contribution in [1.29, 1.82) is 0 Å². The molecule has 0 bridgehead atoms. The second kappa shape index (κ2) is 6.22. The topological polar surface area (TPSA) is 84.0 Å². The lowest BCUT2D eigenvalue weighted by molar-refractivity contribution is 0.0704. The summed E-state index contributed by atoms with van der Waals surface area (Å²) in [4.78, 5) is 14.8. The van der Waals surface area contributed by atoms with Crippen LogP contribution in [0.25, 0.3) is 0 Å². The van der Waals surface area contributed by atoms with E-state index in [-0.39, 0.29) is 11.8 Å². The first-order valence-electron chi connectivity index (χ1n) is 8.47. The summed E-state index contributed by atoms with van der Waals surface area (Å²) in [5, 5.41) is 14.3. The molecule has 1 saturated heterocycles. The maximum absolute atomic E-state index is 12.9. The van der Waals surface area contributed by atoms with Crippen molar-refractivity contribution in [2.45, 2.75) is 37.5 Å². The lowest BCUT2D eigenvalue weighted by Crippen LogP contribution is -2.39. The number of hydrogen-bond donors (Lipinski definition) is 1. The number of carbonyl (C=O) groups excluding carboxylic acids is 1. The molecule has 7 heteroatoms. The average molecular weight is 327 g/mol.